The minimum atomic E-state index is 0.740. The van der Waals surface area contributed by atoms with Gasteiger partial charge in [0.1, 0.15) is 13.2 Å². The third kappa shape index (κ3) is 1.76. The molecule has 0 fully saturated rings. The normalized spacial score (nSPS) is 10.5. The lowest BCUT2D eigenvalue weighted by atomic mass is 10.1. The Kier molecular flexibility index (Phi) is 3.06. The molecule has 2 rings (SSSR count). The summed E-state index contributed by atoms with van der Waals surface area (Å²) in [4.78, 5) is 5.41. The lowest BCUT2D eigenvalue weighted by Crippen LogP contribution is -2.10. The van der Waals surface area contributed by atoms with Crippen LogP contribution in [0.25, 0.3) is 10.9 Å². The van der Waals surface area contributed by atoms with Crippen LogP contribution in [0.1, 0.15) is 30.2 Å². The van der Waals surface area contributed by atoms with Gasteiger partial charge >= 0.3 is 0 Å². The molecule has 1 heterocycles. The van der Waals surface area contributed by atoms with Crippen molar-refractivity contribution >= 4 is 10.9 Å². The first-order chi connectivity index (χ1) is 8.22. The Morgan fingerprint density at radius 1 is 1.41 bits per heavy atom. The topological polar surface area (TPSA) is 38.0 Å². The van der Waals surface area contributed by atoms with Gasteiger partial charge in [-0.05, 0) is 25.0 Å². The first-order valence-corrected chi connectivity index (χ1v) is 5.81. The molecule has 0 saturated carbocycles. The van der Waals surface area contributed by atoms with Crippen molar-refractivity contribution in [3.8, 4) is 6.07 Å². The molecule has 0 radical (unpaired) electrons. The molecule has 3 nitrogen and oxygen atoms in total. The van der Waals surface area contributed by atoms with E-state index >= 15 is 0 Å². The van der Waals surface area contributed by atoms with Crippen LogP contribution >= 0.6 is 0 Å². The molecule has 0 aliphatic carbocycles. The van der Waals surface area contributed by atoms with Crippen LogP contribution in [0.15, 0.2) is 18.2 Å². The zero-order chi connectivity index (χ0) is 12.4. The maximum atomic E-state index is 9.30. The summed E-state index contributed by atoms with van der Waals surface area (Å²) in [6.45, 7) is 4.14. The third-order valence-electron chi connectivity index (χ3n) is 2.96. The van der Waals surface area contributed by atoms with Crippen LogP contribution in [0.3, 0.4) is 0 Å². The molecule has 3 heteroatoms. The summed E-state index contributed by atoms with van der Waals surface area (Å²) < 4.78 is 1.78. The van der Waals surface area contributed by atoms with Gasteiger partial charge in [-0.1, -0.05) is 25.5 Å². The van der Waals surface area contributed by atoms with E-state index in [4.69, 9.17) is 4.84 Å². The SMILES string of the molecule is CCCc1c(C#N)c2ccc(C)cc2n1OC. The van der Waals surface area contributed by atoms with Gasteiger partial charge in [-0.15, -0.1) is 0 Å². The summed E-state index contributed by atoms with van der Waals surface area (Å²) in [5.74, 6) is 0. The summed E-state index contributed by atoms with van der Waals surface area (Å²) in [6.07, 6.45) is 1.85. The third-order valence-corrected chi connectivity index (χ3v) is 2.96. The van der Waals surface area contributed by atoms with Crippen LogP contribution in [0.4, 0.5) is 0 Å². The Balaban J connectivity index is 2.82. The van der Waals surface area contributed by atoms with Crippen molar-refractivity contribution in [1.29, 1.82) is 5.26 Å². The number of nitriles is 1. The highest BCUT2D eigenvalue weighted by Crippen LogP contribution is 2.26. The van der Waals surface area contributed by atoms with Gasteiger partial charge in [0, 0.05) is 5.39 Å². The highest BCUT2D eigenvalue weighted by atomic mass is 16.6. The number of nitrogens with zero attached hydrogens (tertiary/aromatic N) is 2. The van der Waals surface area contributed by atoms with Crippen molar-refractivity contribution < 1.29 is 4.84 Å². The van der Waals surface area contributed by atoms with Crippen molar-refractivity contribution in [2.75, 3.05) is 7.11 Å². The van der Waals surface area contributed by atoms with Crippen molar-refractivity contribution in [2.45, 2.75) is 26.7 Å². The van der Waals surface area contributed by atoms with E-state index < -0.39 is 0 Å². The van der Waals surface area contributed by atoms with Gasteiger partial charge in [-0.3, -0.25) is 0 Å². The Labute approximate surface area is 101 Å². The average Bonchev–Trinajstić information content (AvgIpc) is 2.61. The molecule has 0 N–H and O–H groups in total. The van der Waals surface area contributed by atoms with Gasteiger partial charge in [0.15, 0.2) is 0 Å². The summed E-state index contributed by atoms with van der Waals surface area (Å²) >= 11 is 0. The smallest absolute Gasteiger partial charge is 0.104 e. The van der Waals surface area contributed by atoms with E-state index in [0.717, 1.165) is 35.0 Å². The maximum absolute atomic E-state index is 9.30. The lowest BCUT2D eigenvalue weighted by molar-refractivity contribution is 0.171. The van der Waals surface area contributed by atoms with Gasteiger partial charge in [-0.2, -0.15) is 9.99 Å². The van der Waals surface area contributed by atoms with E-state index in [-0.39, 0.29) is 0 Å². The number of hydrogen-bond acceptors (Lipinski definition) is 2. The van der Waals surface area contributed by atoms with Crippen LogP contribution in [-0.2, 0) is 6.42 Å². The molecule has 0 unspecified atom stereocenters. The lowest BCUT2D eigenvalue weighted by Gasteiger charge is -2.07. The van der Waals surface area contributed by atoms with Gasteiger partial charge in [0.25, 0.3) is 0 Å². The first kappa shape index (κ1) is 11.5. The number of fused-ring (bicyclic) bond motifs is 1. The zero-order valence-electron chi connectivity index (χ0n) is 10.4. The highest BCUT2D eigenvalue weighted by molar-refractivity contribution is 5.88. The minimum absolute atomic E-state index is 0.740. The number of aromatic nitrogens is 1. The van der Waals surface area contributed by atoms with Gasteiger partial charge < -0.3 is 4.84 Å². The number of rotatable bonds is 3. The predicted molar refractivity (Wildman–Crippen MR) is 67.9 cm³/mol. The quantitative estimate of drug-likeness (QED) is 0.810. The molecular weight excluding hydrogens is 212 g/mol. The van der Waals surface area contributed by atoms with Gasteiger partial charge in [0.05, 0.1) is 16.8 Å². The second kappa shape index (κ2) is 4.50. The molecule has 0 saturated heterocycles. The van der Waals surface area contributed by atoms with E-state index in [1.807, 2.05) is 19.1 Å². The minimum Gasteiger partial charge on any atom is -0.417 e. The Hall–Kier alpha value is -1.95. The summed E-state index contributed by atoms with van der Waals surface area (Å²) in [7, 11) is 1.64. The molecule has 0 atom stereocenters. The van der Waals surface area contributed by atoms with Crippen LogP contribution in [0.5, 0.6) is 0 Å². The van der Waals surface area contributed by atoms with Gasteiger partial charge in [0.2, 0.25) is 0 Å². The van der Waals surface area contributed by atoms with Crippen LogP contribution < -0.4 is 4.84 Å². The van der Waals surface area contributed by atoms with Crippen LogP contribution in [0.2, 0.25) is 0 Å². The Bertz CT molecular complexity index is 590. The van der Waals surface area contributed by atoms with Crippen molar-refractivity contribution in [3.63, 3.8) is 0 Å². The number of aryl methyl sites for hydroxylation is 1. The van der Waals surface area contributed by atoms with E-state index in [1.165, 1.54) is 5.56 Å². The van der Waals surface area contributed by atoms with E-state index in [2.05, 4.69) is 19.1 Å². The van der Waals surface area contributed by atoms with E-state index in [1.54, 1.807) is 11.8 Å². The predicted octanol–water partition coefficient (Wildman–Crippen LogP) is 2.83. The van der Waals surface area contributed by atoms with Crippen LogP contribution in [-0.4, -0.2) is 11.8 Å². The second-order valence-corrected chi connectivity index (χ2v) is 4.18. The fraction of sp³-hybridized carbons (Fsp3) is 0.357. The number of hydrogen-bond donors (Lipinski definition) is 0. The largest absolute Gasteiger partial charge is 0.417 e. The zero-order valence-corrected chi connectivity index (χ0v) is 10.4. The fourth-order valence-corrected chi connectivity index (χ4v) is 2.22. The summed E-state index contributed by atoms with van der Waals surface area (Å²) in [5, 5.41) is 10.3. The van der Waals surface area contributed by atoms with E-state index in [0.29, 0.717) is 0 Å². The van der Waals surface area contributed by atoms with E-state index in [9.17, 15) is 5.26 Å². The van der Waals surface area contributed by atoms with Crippen molar-refractivity contribution in [2.24, 2.45) is 0 Å². The first-order valence-electron chi connectivity index (χ1n) is 5.81. The Morgan fingerprint density at radius 2 is 2.18 bits per heavy atom. The molecule has 2 aromatic rings. The van der Waals surface area contributed by atoms with Crippen molar-refractivity contribution in [1.82, 2.24) is 4.73 Å². The molecule has 1 aromatic heterocycles. The molecule has 0 aliphatic rings. The molecular formula is C14H16N2O. The Morgan fingerprint density at radius 3 is 2.76 bits per heavy atom. The van der Waals surface area contributed by atoms with Crippen molar-refractivity contribution in [3.05, 3.63) is 35.0 Å². The van der Waals surface area contributed by atoms with Gasteiger partial charge in [-0.25, -0.2) is 0 Å². The average molecular weight is 228 g/mol. The molecule has 17 heavy (non-hydrogen) atoms. The standard InChI is InChI=1S/C14H16N2O/c1-4-5-13-12(9-15)11-7-6-10(2)8-14(11)16(13)17-3/h6-8H,4-5H2,1-3H3. The second-order valence-electron chi connectivity index (χ2n) is 4.18. The summed E-state index contributed by atoms with van der Waals surface area (Å²) in [5.41, 5.74) is 3.86. The monoisotopic (exact) mass is 228 g/mol. The highest BCUT2D eigenvalue weighted by Gasteiger charge is 2.16. The fourth-order valence-electron chi connectivity index (χ4n) is 2.22. The molecule has 1 aromatic carbocycles. The molecule has 88 valence electrons. The molecule has 0 aliphatic heterocycles. The number of benzene rings is 1. The summed E-state index contributed by atoms with van der Waals surface area (Å²) in [6, 6.07) is 8.38. The molecule has 0 spiro atoms. The maximum Gasteiger partial charge on any atom is 0.104 e. The molecule has 0 amide bonds. The van der Waals surface area contributed by atoms with Crippen LogP contribution in [0, 0.1) is 18.3 Å². The molecule has 0 bridgehead atoms.